The summed E-state index contributed by atoms with van der Waals surface area (Å²) in [6, 6.07) is 0.236. The van der Waals surface area contributed by atoms with Crippen LogP contribution in [-0.4, -0.2) is 48.4 Å². The standard InChI is InChI=1S/C14H21N7O/c1-4-11-12(5-2)16-18-14(15-11)20-6-10(7-20)21-8-13(9(3)22)17-19-21/h8-10,22H,4-7H2,1-3H3. The molecule has 1 fully saturated rings. The number of aromatic nitrogens is 6. The van der Waals surface area contributed by atoms with Crippen molar-refractivity contribution in [3.05, 3.63) is 23.3 Å². The number of aryl methyl sites for hydroxylation is 2. The Labute approximate surface area is 129 Å². The van der Waals surface area contributed by atoms with E-state index in [0.29, 0.717) is 11.6 Å². The first-order valence-corrected chi connectivity index (χ1v) is 7.69. The van der Waals surface area contributed by atoms with Gasteiger partial charge in [-0.3, -0.25) is 0 Å². The first-order valence-electron chi connectivity index (χ1n) is 7.69. The van der Waals surface area contributed by atoms with Gasteiger partial charge in [0.05, 0.1) is 29.7 Å². The highest BCUT2D eigenvalue weighted by molar-refractivity contribution is 5.35. The zero-order chi connectivity index (χ0) is 15.7. The lowest BCUT2D eigenvalue weighted by atomic mass is 10.1. The molecule has 118 valence electrons. The van der Waals surface area contributed by atoms with Gasteiger partial charge in [-0.25, -0.2) is 9.67 Å². The second-order valence-electron chi connectivity index (χ2n) is 5.57. The van der Waals surface area contributed by atoms with Gasteiger partial charge < -0.3 is 10.0 Å². The second kappa shape index (κ2) is 5.96. The Morgan fingerprint density at radius 1 is 1.18 bits per heavy atom. The Hall–Kier alpha value is -2.09. The van der Waals surface area contributed by atoms with Crippen molar-refractivity contribution in [1.82, 2.24) is 30.2 Å². The van der Waals surface area contributed by atoms with E-state index in [1.54, 1.807) is 17.8 Å². The smallest absolute Gasteiger partial charge is 0.245 e. The molecule has 2 aromatic rings. The average molecular weight is 303 g/mol. The van der Waals surface area contributed by atoms with Gasteiger partial charge in [0.1, 0.15) is 5.69 Å². The molecule has 0 spiro atoms. The van der Waals surface area contributed by atoms with Gasteiger partial charge in [-0.15, -0.1) is 10.2 Å². The molecular weight excluding hydrogens is 282 g/mol. The van der Waals surface area contributed by atoms with Crippen LogP contribution in [-0.2, 0) is 12.8 Å². The molecule has 3 rings (SSSR count). The number of aliphatic hydroxyl groups excluding tert-OH is 1. The van der Waals surface area contributed by atoms with E-state index in [2.05, 4.69) is 44.2 Å². The van der Waals surface area contributed by atoms with Crippen LogP contribution in [0, 0.1) is 0 Å². The predicted octanol–water partition coefficient (Wildman–Crippen LogP) is 0.702. The molecule has 1 saturated heterocycles. The first kappa shape index (κ1) is 14.8. The molecule has 0 aliphatic carbocycles. The molecule has 2 aromatic heterocycles. The Morgan fingerprint density at radius 2 is 1.91 bits per heavy atom. The molecule has 1 atom stereocenters. The van der Waals surface area contributed by atoms with Gasteiger partial charge in [0.15, 0.2) is 0 Å². The van der Waals surface area contributed by atoms with E-state index in [-0.39, 0.29) is 6.04 Å². The van der Waals surface area contributed by atoms with E-state index in [9.17, 15) is 5.11 Å². The molecule has 0 radical (unpaired) electrons. The number of nitrogens with zero attached hydrogens (tertiary/aromatic N) is 7. The molecule has 22 heavy (non-hydrogen) atoms. The normalized spacial score (nSPS) is 16.6. The highest BCUT2D eigenvalue weighted by atomic mass is 16.3. The van der Waals surface area contributed by atoms with Crippen LogP contribution in [0.25, 0.3) is 0 Å². The average Bonchev–Trinajstić information content (AvgIpc) is 2.95. The molecule has 0 aromatic carbocycles. The molecule has 1 aliphatic rings. The molecular formula is C14H21N7O. The lowest BCUT2D eigenvalue weighted by molar-refractivity contribution is 0.194. The van der Waals surface area contributed by atoms with Crippen LogP contribution in [0.5, 0.6) is 0 Å². The predicted molar refractivity (Wildman–Crippen MR) is 80.5 cm³/mol. The second-order valence-corrected chi connectivity index (χ2v) is 5.57. The summed E-state index contributed by atoms with van der Waals surface area (Å²) in [5, 5.41) is 26.0. The molecule has 0 saturated carbocycles. The maximum atomic E-state index is 9.49. The van der Waals surface area contributed by atoms with Gasteiger partial charge in [-0.05, 0) is 19.8 Å². The van der Waals surface area contributed by atoms with Gasteiger partial charge >= 0.3 is 0 Å². The van der Waals surface area contributed by atoms with Crippen molar-refractivity contribution in [1.29, 1.82) is 0 Å². The lowest BCUT2D eigenvalue weighted by Crippen LogP contribution is -2.49. The monoisotopic (exact) mass is 303 g/mol. The minimum atomic E-state index is -0.592. The summed E-state index contributed by atoms with van der Waals surface area (Å²) in [6.45, 7) is 7.38. The summed E-state index contributed by atoms with van der Waals surface area (Å²) < 4.78 is 1.80. The molecule has 1 aliphatic heterocycles. The SMILES string of the molecule is CCc1nnc(N2CC(n3cc(C(C)O)nn3)C2)nc1CC. The molecule has 0 amide bonds. The number of rotatable bonds is 5. The summed E-state index contributed by atoms with van der Waals surface area (Å²) in [5.74, 6) is 0.682. The maximum absolute atomic E-state index is 9.49. The van der Waals surface area contributed by atoms with E-state index in [1.165, 1.54) is 0 Å². The third kappa shape index (κ3) is 2.66. The van der Waals surface area contributed by atoms with Gasteiger partial charge in [0, 0.05) is 13.1 Å². The highest BCUT2D eigenvalue weighted by Crippen LogP contribution is 2.25. The highest BCUT2D eigenvalue weighted by Gasteiger charge is 2.32. The molecule has 1 N–H and O–H groups in total. The van der Waals surface area contributed by atoms with E-state index in [0.717, 1.165) is 37.3 Å². The van der Waals surface area contributed by atoms with Crippen LogP contribution in [0.3, 0.4) is 0 Å². The quantitative estimate of drug-likeness (QED) is 0.869. The van der Waals surface area contributed by atoms with E-state index >= 15 is 0 Å². The lowest BCUT2D eigenvalue weighted by Gasteiger charge is -2.38. The number of anilines is 1. The Balaban J connectivity index is 1.67. The fourth-order valence-electron chi connectivity index (χ4n) is 2.51. The van der Waals surface area contributed by atoms with Crippen molar-refractivity contribution in [3.63, 3.8) is 0 Å². The summed E-state index contributed by atoms with van der Waals surface area (Å²) in [4.78, 5) is 6.70. The molecule has 8 nitrogen and oxygen atoms in total. The third-order valence-corrected chi connectivity index (χ3v) is 3.97. The summed E-state index contributed by atoms with van der Waals surface area (Å²) in [7, 11) is 0. The minimum Gasteiger partial charge on any atom is -0.387 e. The van der Waals surface area contributed by atoms with Crippen molar-refractivity contribution in [2.45, 2.75) is 45.8 Å². The Morgan fingerprint density at radius 3 is 2.50 bits per heavy atom. The van der Waals surface area contributed by atoms with Crippen LogP contribution < -0.4 is 4.90 Å². The molecule has 1 unspecified atom stereocenters. The van der Waals surface area contributed by atoms with Crippen molar-refractivity contribution < 1.29 is 5.11 Å². The maximum Gasteiger partial charge on any atom is 0.245 e. The van der Waals surface area contributed by atoms with Crippen LogP contribution in [0.4, 0.5) is 5.95 Å². The van der Waals surface area contributed by atoms with Gasteiger partial charge in [0.2, 0.25) is 5.95 Å². The number of hydrogen-bond donors (Lipinski definition) is 1. The fourth-order valence-corrected chi connectivity index (χ4v) is 2.51. The summed E-state index contributed by atoms with van der Waals surface area (Å²) in [6.07, 6.45) is 2.92. The summed E-state index contributed by atoms with van der Waals surface area (Å²) in [5.41, 5.74) is 2.59. The van der Waals surface area contributed by atoms with Crippen LogP contribution in [0.2, 0.25) is 0 Å². The van der Waals surface area contributed by atoms with Gasteiger partial charge in [-0.1, -0.05) is 19.1 Å². The van der Waals surface area contributed by atoms with Gasteiger partial charge in [-0.2, -0.15) is 5.10 Å². The molecule has 3 heterocycles. The van der Waals surface area contributed by atoms with Gasteiger partial charge in [0.25, 0.3) is 0 Å². The first-order chi connectivity index (χ1) is 10.6. The van der Waals surface area contributed by atoms with Crippen LogP contribution in [0.1, 0.15) is 50.0 Å². The van der Waals surface area contributed by atoms with E-state index < -0.39 is 6.10 Å². The molecule has 8 heteroatoms. The Bertz CT molecular complexity index is 648. The molecule has 0 bridgehead atoms. The number of aliphatic hydroxyl groups is 1. The third-order valence-electron chi connectivity index (χ3n) is 3.97. The van der Waals surface area contributed by atoms with Crippen molar-refractivity contribution in [3.8, 4) is 0 Å². The number of hydrogen-bond acceptors (Lipinski definition) is 7. The zero-order valence-electron chi connectivity index (χ0n) is 13.1. The van der Waals surface area contributed by atoms with Crippen LogP contribution in [0.15, 0.2) is 6.20 Å². The van der Waals surface area contributed by atoms with E-state index in [1.807, 2.05) is 0 Å². The van der Waals surface area contributed by atoms with Crippen LogP contribution >= 0.6 is 0 Å². The van der Waals surface area contributed by atoms with Crippen molar-refractivity contribution in [2.75, 3.05) is 18.0 Å². The fraction of sp³-hybridized carbons (Fsp3) is 0.643. The Kier molecular flexibility index (Phi) is 4.02. The van der Waals surface area contributed by atoms with E-state index in [4.69, 9.17) is 0 Å². The topological polar surface area (TPSA) is 92.9 Å². The zero-order valence-corrected chi connectivity index (χ0v) is 13.1. The van der Waals surface area contributed by atoms with Crippen molar-refractivity contribution in [2.24, 2.45) is 0 Å². The largest absolute Gasteiger partial charge is 0.387 e. The van der Waals surface area contributed by atoms with Crippen molar-refractivity contribution >= 4 is 5.95 Å². The summed E-state index contributed by atoms with van der Waals surface area (Å²) >= 11 is 0. The minimum absolute atomic E-state index is 0.236.